The SMILES string of the molecule is CC(C)C.CC(C)Oc1ccc2nc(-c3ccc(F)cc3)[nH]c2c1. The number of H-pyrrole nitrogens is 1. The summed E-state index contributed by atoms with van der Waals surface area (Å²) in [4.78, 5) is 7.73. The Morgan fingerprint density at radius 3 is 2.17 bits per heavy atom. The molecule has 2 aromatic carbocycles. The zero-order chi connectivity index (χ0) is 17.7. The number of hydrogen-bond acceptors (Lipinski definition) is 2. The summed E-state index contributed by atoms with van der Waals surface area (Å²) in [5.74, 6) is 2.11. The van der Waals surface area contributed by atoms with Gasteiger partial charge in [-0.25, -0.2) is 9.37 Å². The van der Waals surface area contributed by atoms with Crippen LogP contribution in [-0.4, -0.2) is 16.1 Å². The molecule has 3 rings (SSSR count). The fourth-order valence-corrected chi connectivity index (χ4v) is 2.08. The van der Waals surface area contributed by atoms with Gasteiger partial charge in [0.2, 0.25) is 0 Å². The van der Waals surface area contributed by atoms with Gasteiger partial charge in [0.25, 0.3) is 0 Å². The molecule has 0 aliphatic rings. The number of fused-ring (bicyclic) bond motifs is 1. The number of aromatic amines is 1. The predicted octanol–water partition coefficient (Wildman–Crippen LogP) is 5.82. The van der Waals surface area contributed by atoms with Crippen molar-refractivity contribution in [1.29, 1.82) is 0 Å². The van der Waals surface area contributed by atoms with Gasteiger partial charge in [-0.3, -0.25) is 0 Å². The topological polar surface area (TPSA) is 37.9 Å². The molecule has 0 saturated carbocycles. The molecule has 0 radical (unpaired) electrons. The number of benzene rings is 2. The molecule has 0 fully saturated rings. The molecule has 3 nitrogen and oxygen atoms in total. The van der Waals surface area contributed by atoms with Gasteiger partial charge < -0.3 is 9.72 Å². The van der Waals surface area contributed by atoms with E-state index in [9.17, 15) is 4.39 Å². The highest BCUT2D eigenvalue weighted by molar-refractivity contribution is 5.80. The van der Waals surface area contributed by atoms with Gasteiger partial charge in [-0.1, -0.05) is 20.8 Å². The quantitative estimate of drug-likeness (QED) is 0.658. The Morgan fingerprint density at radius 1 is 0.958 bits per heavy atom. The summed E-state index contributed by atoms with van der Waals surface area (Å²) in [6.45, 7) is 10.5. The maximum absolute atomic E-state index is 12.9. The minimum absolute atomic E-state index is 0.131. The van der Waals surface area contributed by atoms with E-state index in [1.54, 1.807) is 12.1 Å². The van der Waals surface area contributed by atoms with E-state index < -0.39 is 0 Å². The van der Waals surface area contributed by atoms with E-state index in [4.69, 9.17) is 4.74 Å². The Labute approximate surface area is 142 Å². The van der Waals surface area contributed by atoms with Crippen molar-refractivity contribution in [1.82, 2.24) is 9.97 Å². The smallest absolute Gasteiger partial charge is 0.138 e. The molecule has 0 aliphatic heterocycles. The number of halogens is 1. The van der Waals surface area contributed by atoms with E-state index in [1.165, 1.54) is 12.1 Å². The largest absolute Gasteiger partial charge is 0.491 e. The number of rotatable bonds is 3. The monoisotopic (exact) mass is 328 g/mol. The Hall–Kier alpha value is -2.36. The minimum atomic E-state index is -0.252. The second-order valence-corrected chi connectivity index (χ2v) is 6.67. The van der Waals surface area contributed by atoms with Crippen LogP contribution >= 0.6 is 0 Å². The first-order chi connectivity index (χ1) is 11.3. The normalized spacial score (nSPS) is 10.8. The highest BCUT2D eigenvalue weighted by atomic mass is 19.1. The first-order valence-electron chi connectivity index (χ1n) is 8.27. The Bertz CT molecular complexity index is 773. The molecule has 0 unspecified atom stereocenters. The number of imidazole rings is 1. The zero-order valence-electron chi connectivity index (χ0n) is 14.9. The fraction of sp³-hybridized carbons (Fsp3) is 0.350. The van der Waals surface area contributed by atoms with Gasteiger partial charge in [0.15, 0.2) is 0 Å². The van der Waals surface area contributed by atoms with Gasteiger partial charge in [0.05, 0.1) is 17.1 Å². The second kappa shape index (κ2) is 7.95. The summed E-state index contributed by atoms with van der Waals surface area (Å²) < 4.78 is 18.6. The maximum Gasteiger partial charge on any atom is 0.138 e. The molecule has 24 heavy (non-hydrogen) atoms. The van der Waals surface area contributed by atoms with E-state index in [1.807, 2.05) is 32.0 Å². The van der Waals surface area contributed by atoms with Crippen LogP contribution in [0.15, 0.2) is 42.5 Å². The molecule has 0 spiro atoms. The van der Waals surface area contributed by atoms with Crippen molar-refractivity contribution >= 4 is 11.0 Å². The molecule has 1 N–H and O–H groups in total. The number of nitrogens with zero attached hydrogens (tertiary/aromatic N) is 1. The average molecular weight is 328 g/mol. The van der Waals surface area contributed by atoms with E-state index in [-0.39, 0.29) is 11.9 Å². The van der Waals surface area contributed by atoms with Gasteiger partial charge in [0, 0.05) is 11.6 Å². The third-order valence-corrected chi connectivity index (χ3v) is 2.94. The lowest BCUT2D eigenvalue weighted by atomic mass is 10.2. The summed E-state index contributed by atoms with van der Waals surface area (Å²) in [7, 11) is 0. The number of ether oxygens (including phenoxy) is 1. The van der Waals surface area contributed by atoms with E-state index >= 15 is 0 Å². The number of nitrogens with one attached hydrogen (secondary N) is 1. The third-order valence-electron chi connectivity index (χ3n) is 2.94. The van der Waals surface area contributed by atoms with Crippen molar-refractivity contribution in [2.75, 3.05) is 0 Å². The van der Waals surface area contributed by atoms with Crippen LogP contribution in [0, 0.1) is 11.7 Å². The molecule has 1 heterocycles. The predicted molar refractivity (Wildman–Crippen MR) is 97.8 cm³/mol. The lowest BCUT2D eigenvalue weighted by Crippen LogP contribution is -2.05. The molecule has 0 saturated heterocycles. The van der Waals surface area contributed by atoms with Gasteiger partial charge in [-0.15, -0.1) is 0 Å². The lowest BCUT2D eigenvalue weighted by molar-refractivity contribution is 0.242. The van der Waals surface area contributed by atoms with Crippen molar-refractivity contribution < 1.29 is 9.13 Å². The van der Waals surface area contributed by atoms with Crippen LogP contribution in [0.3, 0.4) is 0 Å². The molecule has 0 amide bonds. The molecule has 1 aromatic heterocycles. The molecule has 0 bridgehead atoms. The van der Waals surface area contributed by atoms with Crippen molar-refractivity contribution in [2.45, 2.75) is 40.7 Å². The molecular weight excluding hydrogens is 303 g/mol. The second-order valence-electron chi connectivity index (χ2n) is 6.67. The highest BCUT2D eigenvalue weighted by Gasteiger charge is 2.07. The first-order valence-corrected chi connectivity index (χ1v) is 8.27. The van der Waals surface area contributed by atoms with Crippen molar-refractivity contribution in [3.8, 4) is 17.1 Å². The zero-order valence-corrected chi connectivity index (χ0v) is 14.9. The van der Waals surface area contributed by atoms with Crippen molar-refractivity contribution in [3.63, 3.8) is 0 Å². The number of hydrogen-bond donors (Lipinski definition) is 1. The third kappa shape index (κ3) is 5.08. The molecule has 0 atom stereocenters. The molecule has 4 heteroatoms. The first kappa shape index (κ1) is 18.0. The van der Waals surface area contributed by atoms with E-state index in [0.29, 0.717) is 0 Å². The summed E-state index contributed by atoms with van der Waals surface area (Å²) >= 11 is 0. The Kier molecular flexibility index (Phi) is 5.96. The van der Waals surface area contributed by atoms with Crippen LogP contribution in [0.1, 0.15) is 34.6 Å². The summed E-state index contributed by atoms with van der Waals surface area (Å²) in [6.07, 6.45) is 0.131. The van der Waals surface area contributed by atoms with Crippen LogP contribution in [0.5, 0.6) is 5.75 Å². The van der Waals surface area contributed by atoms with Gasteiger partial charge in [-0.05, 0) is 56.2 Å². The Balaban J connectivity index is 0.000000471. The van der Waals surface area contributed by atoms with Crippen LogP contribution in [0.4, 0.5) is 4.39 Å². The van der Waals surface area contributed by atoms with Crippen LogP contribution in [0.25, 0.3) is 22.4 Å². The van der Waals surface area contributed by atoms with Crippen molar-refractivity contribution in [2.24, 2.45) is 5.92 Å². The standard InChI is InChI=1S/C16H15FN2O.C4H10/c1-10(2)20-13-7-8-14-15(9-13)19-16(18-14)11-3-5-12(17)6-4-11;1-4(2)3/h3-10H,1-2H3,(H,18,19);4H,1-3H3. The molecular formula is C20H25FN2O. The van der Waals surface area contributed by atoms with Crippen LogP contribution in [-0.2, 0) is 0 Å². The van der Waals surface area contributed by atoms with Crippen molar-refractivity contribution in [3.05, 3.63) is 48.3 Å². The maximum atomic E-state index is 12.9. The highest BCUT2D eigenvalue weighted by Crippen LogP contribution is 2.24. The lowest BCUT2D eigenvalue weighted by Gasteiger charge is -2.08. The number of aromatic nitrogens is 2. The van der Waals surface area contributed by atoms with E-state index in [2.05, 4.69) is 30.7 Å². The summed E-state index contributed by atoms with van der Waals surface area (Å²) in [5.41, 5.74) is 2.62. The van der Waals surface area contributed by atoms with Gasteiger partial charge in [-0.2, -0.15) is 0 Å². The summed E-state index contributed by atoms with van der Waals surface area (Å²) in [5, 5.41) is 0. The minimum Gasteiger partial charge on any atom is -0.491 e. The fourth-order valence-electron chi connectivity index (χ4n) is 2.08. The summed E-state index contributed by atoms with van der Waals surface area (Å²) in [6, 6.07) is 12.0. The van der Waals surface area contributed by atoms with Crippen LogP contribution in [0.2, 0.25) is 0 Å². The molecule has 0 aliphatic carbocycles. The van der Waals surface area contributed by atoms with Crippen LogP contribution < -0.4 is 4.74 Å². The molecule has 128 valence electrons. The Morgan fingerprint density at radius 2 is 1.58 bits per heavy atom. The average Bonchev–Trinajstić information content (AvgIpc) is 2.90. The molecule has 3 aromatic rings. The van der Waals surface area contributed by atoms with E-state index in [0.717, 1.165) is 34.1 Å². The van der Waals surface area contributed by atoms with Gasteiger partial charge in [0.1, 0.15) is 17.4 Å². The van der Waals surface area contributed by atoms with Gasteiger partial charge >= 0.3 is 0 Å².